The molecule has 0 aliphatic carbocycles. The summed E-state index contributed by atoms with van der Waals surface area (Å²) in [5.74, 6) is 0.827. The van der Waals surface area contributed by atoms with E-state index in [2.05, 4.69) is 10.2 Å². The molecule has 0 saturated carbocycles. The molecule has 7 heteroatoms. The summed E-state index contributed by atoms with van der Waals surface area (Å²) in [6, 6.07) is 17.2. The smallest absolute Gasteiger partial charge is 0.253 e. The molecule has 0 aromatic heterocycles. The average molecular weight is 483 g/mol. The Morgan fingerprint density at radius 2 is 1.79 bits per heavy atom. The van der Waals surface area contributed by atoms with Crippen LogP contribution in [-0.4, -0.2) is 37.6 Å². The summed E-state index contributed by atoms with van der Waals surface area (Å²) in [5.41, 5.74) is 3.65. The van der Waals surface area contributed by atoms with Gasteiger partial charge in [-0.2, -0.15) is 0 Å². The summed E-state index contributed by atoms with van der Waals surface area (Å²) in [6.07, 6.45) is 0.818. The molecule has 0 saturated heterocycles. The van der Waals surface area contributed by atoms with Crippen LogP contribution in [0.1, 0.15) is 40.0 Å². The molecule has 3 aromatic carbocycles. The van der Waals surface area contributed by atoms with Crippen LogP contribution in [0.3, 0.4) is 0 Å². The van der Waals surface area contributed by atoms with Gasteiger partial charge in [-0.1, -0.05) is 35.9 Å². The van der Waals surface area contributed by atoms with Gasteiger partial charge in [0.2, 0.25) is 0 Å². The molecule has 1 N–H and O–H groups in total. The summed E-state index contributed by atoms with van der Waals surface area (Å²) >= 11 is 6.26. The predicted molar refractivity (Wildman–Crippen MR) is 131 cm³/mol. The van der Waals surface area contributed by atoms with Gasteiger partial charge < -0.3 is 14.8 Å². The van der Waals surface area contributed by atoms with Crippen LogP contribution in [0, 0.1) is 5.82 Å². The van der Waals surface area contributed by atoms with Crippen LogP contribution in [0.4, 0.5) is 4.39 Å². The van der Waals surface area contributed by atoms with Gasteiger partial charge in [-0.05, 0) is 66.4 Å². The fraction of sp³-hybridized carbons (Fsp3) is 0.296. The first-order valence-electron chi connectivity index (χ1n) is 11.2. The Balaban J connectivity index is 1.69. The molecular formula is C27H28ClFN2O3. The maximum absolute atomic E-state index is 13.5. The van der Waals surface area contributed by atoms with Crippen LogP contribution in [0.5, 0.6) is 11.5 Å². The minimum atomic E-state index is -0.263. The number of nitrogens with zero attached hydrogens (tertiary/aromatic N) is 1. The predicted octanol–water partition coefficient (Wildman–Crippen LogP) is 5.41. The van der Waals surface area contributed by atoms with Crippen molar-refractivity contribution >= 4 is 17.5 Å². The number of ether oxygens (including phenoxy) is 2. The van der Waals surface area contributed by atoms with Gasteiger partial charge in [0, 0.05) is 19.1 Å². The van der Waals surface area contributed by atoms with E-state index >= 15 is 0 Å². The van der Waals surface area contributed by atoms with Gasteiger partial charge in [0.25, 0.3) is 5.91 Å². The maximum Gasteiger partial charge on any atom is 0.253 e. The molecule has 2 atom stereocenters. The van der Waals surface area contributed by atoms with E-state index in [1.807, 2.05) is 19.1 Å². The van der Waals surface area contributed by atoms with Crippen molar-refractivity contribution in [1.82, 2.24) is 10.2 Å². The van der Waals surface area contributed by atoms with E-state index < -0.39 is 0 Å². The van der Waals surface area contributed by atoms with E-state index in [4.69, 9.17) is 21.1 Å². The summed E-state index contributed by atoms with van der Waals surface area (Å²) < 4.78 is 24.5. The zero-order valence-corrected chi connectivity index (χ0v) is 20.2. The Hall–Kier alpha value is -3.09. The third-order valence-corrected chi connectivity index (χ3v) is 6.61. The first-order chi connectivity index (χ1) is 16.4. The largest absolute Gasteiger partial charge is 0.493 e. The molecule has 1 heterocycles. The number of nitrogens with one attached hydrogen (secondary N) is 1. The minimum absolute atomic E-state index is 0.139. The highest BCUT2D eigenvalue weighted by molar-refractivity contribution is 6.33. The quantitative estimate of drug-likeness (QED) is 0.489. The van der Waals surface area contributed by atoms with Crippen molar-refractivity contribution in [3.8, 4) is 11.5 Å². The van der Waals surface area contributed by atoms with Crippen molar-refractivity contribution in [2.75, 3.05) is 20.8 Å². The highest BCUT2D eigenvalue weighted by atomic mass is 35.5. The van der Waals surface area contributed by atoms with Crippen molar-refractivity contribution in [3.63, 3.8) is 0 Å². The second kappa shape index (κ2) is 10.5. The lowest BCUT2D eigenvalue weighted by Gasteiger charge is -2.41. The van der Waals surface area contributed by atoms with E-state index in [9.17, 15) is 9.18 Å². The molecule has 178 valence electrons. The van der Waals surface area contributed by atoms with Gasteiger partial charge in [0.1, 0.15) is 5.82 Å². The molecule has 34 heavy (non-hydrogen) atoms. The Bertz CT molecular complexity index is 1170. The van der Waals surface area contributed by atoms with Crippen molar-refractivity contribution < 1.29 is 18.7 Å². The number of rotatable bonds is 7. The third-order valence-electron chi connectivity index (χ3n) is 6.28. The SMILES string of the molecule is COc1cc2c(cc1OC)[C@H]([C@@H](C)NC(=O)c1ccccc1Cl)N(Cc1ccc(F)cc1)CC2. The van der Waals surface area contributed by atoms with Crippen molar-refractivity contribution in [2.45, 2.75) is 32.0 Å². The summed E-state index contributed by atoms with van der Waals surface area (Å²) in [6.45, 7) is 3.38. The fourth-order valence-electron chi connectivity index (χ4n) is 4.62. The first-order valence-corrected chi connectivity index (χ1v) is 11.6. The van der Waals surface area contributed by atoms with Gasteiger partial charge in [-0.15, -0.1) is 0 Å². The number of carbonyl (C=O) groups is 1. The molecule has 3 aromatic rings. The molecule has 5 nitrogen and oxygen atoms in total. The number of fused-ring (bicyclic) bond motifs is 1. The zero-order valence-electron chi connectivity index (χ0n) is 19.5. The Morgan fingerprint density at radius 3 is 2.47 bits per heavy atom. The second-order valence-electron chi connectivity index (χ2n) is 8.44. The van der Waals surface area contributed by atoms with Gasteiger partial charge in [-0.3, -0.25) is 9.69 Å². The van der Waals surface area contributed by atoms with Crippen LogP contribution in [0.2, 0.25) is 5.02 Å². The lowest BCUT2D eigenvalue weighted by molar-refractivity contribution is 0.0877. The number of amides is 1. The van der Waals surface area contributed by atoms with Crippen LogP contribution in [-0.2, 0) is 13.0 Å². The Labute approximate surface area is 204 Å². The molecule has 0 bridgehead atoms. The van der Waals surface area contributed by atoms with Crippen molar-refractivity contribution in [2.24, 2.45) is 0 Å². The molecule has 1 aliphatic heterocycles. The summed E-state index contributed by atoms with van der Waals surface area (Å²) in [5, 5.41) is 3.55. The fourth-order valence-corrected chi connectivity index (χ4v) is 4.85. The van der Waals surface area contributed by atoms with Crippen LogP contribution in [0.25, 0.3) is 0 Å². The number of halogens is 2. The lowest BCUT2D eigenvalue weighted by Crippen LogP contribution is -2.47. The number of hydrogen-bond acceptors (Lipinski definition) is 4. The Morgan fingerprint density at radius 1 is 1.12 bits per heavy atom. The molecule has 1 amide bonds. The van der Waals surface area contributed by atoms with E-state index in [1.165, 1.54) is 12.1 Å². The first kappa shape index (κ1) is 24.0. The van der Waals surface area contributed by atoms with Crippen molar-refractivity contribution in [3.05, 3.63) is 93.8 Å². The summed E-state index contributed by atoms with van der Waals surface area (Å²) in [4.78, 5) is 15.4. The topological polar surface area (TPSA) is 50.8 Å². The molecule has 0 radical (unpaired) electrons. The molecule has 4 rings (SSSR count). The van der Waals surface area contributed by atoms with Crippen LogP contribution in [0.15, 0.2) is 60.7 Å². The number of carbonyl (C=O) groups excluding carboxylic acids is 1. The van der Waals surface area contributed by atoms with Gasteiger partial charge in [0.05, 0.1) is 30.8 Å². The van der Waals surface area contributed by atoms with E-state index in [0.29, 0.717) is 28.6 Å². The van der Waals surface area contributed by atoms with E-state index in [-0.39, 0.29) is 23.8 Å². The lowest BCUT2D eigenvalue weighted by atomic mass is 9.87. The number of methoxy groups -OCH3 is 2. The highest BCUT2D eigenvalue weighted by Gasteiger charge is 2.34. The molecular weight excluding hydrogens is 455 g/mol. The molecule has 1 aliphatic rings. The van der Waals surface area contributed by atoms with E-state index in [0.717, 1.165) is 29.7 Å². The normalized spacial score (nSPS) is 16.4. The van der Waals surface area contributed by atoms with Crippen LogP contribution < -0.4 is 14.8 Å². The van der Waals surface area contributed by atoms with Gasteiger partial charge >= 0.3 is 0 Å². The van der Waals surface area contributed by atoms with E-state index in [1.54, 1.807) is 50.6 Å². The minimum Gasteiger partial charge on any atom is -0.493 e. The molecule has 0 spiro atoms. The number of hydrogen-bond donors (Lipinski definition) is 1. The third kappa shape index (κ3) is 5.03. The monoisotopic (exact) mass is 482 g/mol. The summed E-state index contributed by atoms with van der Waals surface area (Å²) in [7, 11) is 3.23. The number of benzene rings is 3. The average Bonchev–Trinajstić information content (AvgIpc) is 2.84. The standard InChI is InChI=1S/C27H28ClFN2O3/c1-17(30-27(32)21-6-4-5-7-23(21)28)26-22-15-25(34-3)24(33-2)14-19(22)12-13-31(26)16-18-8-10-20(29)11-9-18/h4-11,14-15,17,26H,12-13,16H2,1-3H3,(H,30,32)/t17-,26+/m1/s1. The second-order valence-corrected chi connectivity index (χ2v) is 8.85. The maximum atomic E-state index is 13.5. The molecule has 0 unspecified atom stereocenters. The Kier molecular flexibility index (Phi) is 7.39. The van der Waals surface area contributed by atoms with Crippen molar-refractivity contribution in [1.29, 1.82) is 0 Å². The van der Waals surface area contributed by atoms with Gasteiger partial charge in [0.15, 0.2) is 11.5 Å². The highest BCUT2D eigenvalue weighted by Crippen LogP contribution is 2.40. The molecule has 0 fully saturated rings. The van der Waals surface area contributed by atoms with Crippen LogP contribution >= 0.6 is 11.6 Å². The zero-order chi connectivity index (χ0) is 24.2. The van der Waals surface area contributed by atoms with Gasteiger partial charge in [-0.25, -0.2) is 4.39 Å².